The van der Waals surface area contributed by atoms with E-state index in [0.29, 0.717) is 18.9 Å². The Morgan fingerprint density at radius 3 is 2.36 bits per heavy atom. The van der Waals surface area contributed by atoms with E-state index in [2.05, 4.69) is 0 Å². The van der Waals surface area contributed by atoms with E-state index >= 15 is 0 Å². The summed E-state index contributed by atoms with van der Waals surface area (Å²) in [5.74, 6) is 0.394. The van der Waals surface area contributed by atoms with Gasteiger partial charge in [-0.1, -0.05) is 13.8 Å². The minimum absolute atomic E-state index is 0.0246. The van der Waals surface area contributed by atoms with Crippen LogP contribution in [0.15, 0.2) is 0 Å². The fraction of sp³-hybridized carbons (Fsp3) is 1.00. The molecule has 0 radical (unpaired) electrons. The van der Waals surface area contributed by atoms with Crippen LogP contribution in [0.25, 0.3) is 0 Å². The van der Waals surface area contributed by atoms with Crippen molar-refractivity contribution < 1.29 is 9.84 Å². The SMILES string of the molecule is CCO[C@@H](O)C[C@@H](N)C(C)C. The molecular weight excluding hydrogens is 142 g/mol. The molecule has 3 N–H and O–H groups in total. The van der Waals surface area contributed by atoms with Gasteiger partial charge in [0.05, 0.1) is 0 Å². The summed E-state index contributed by atoms with van der Waals surface area (Å²) in [5, 5.41) is 9.17. The van der Waals surface area contributed by atoms with Gasteiger partial charge >= 0.3 is 0 Å². The van der Waals surface area contributed by atoms with Crippen molar-refractivity contribution in [2.45, 2.75) is 39.5 Å². The van der Waals surface area contributed by atoms with Crippen LogP contribution in [0.5, 0.6) is 0 Å². The normalized spacial score (nSPS) is 16.9. The summed E-state index contributed by atoms with van der Waals surface area (Å²) < 4.78 is 4.94. The first-order valence-corrected chi connectivity index (χ1v) is 4.13. The standard InChI is InChI=1S/C8H19NO2/c1-4-11-8(10)5-7(9)6(2)3/h6-8,10H,4-5,9H2,1-3H3/t7-,8-/m1/s1. The lowest BCUT2D eigenvalue weighted by atomic mass is 10.0. The number of hydrogen-bond acceptors (Lipinski definition) is 3. The number of hydrogen-bond donors (Lipinski definition) is 2. The second-order valence-corrected chi connectivity index (χ2v) is 3.05. The van der Waals surface area contributed by atoms with Crippen LogP contribution in [-0.4, -0.2) is 24.0 Å². The molecule has 68 valence electrons. The monoisotopic (exact) mass is 161 g/mol. The first-order valence-electron chi connectivity index (χ1n) is 4.13. The van der Waals surface area contributed by atoms with E-state index in [-0.39, 0.29) is 6.04 Å². The molecule has 0 aromatic heterocycles. The Balaban J connectivity index is 3.48. The van der Waals surface area contributed by atoms with Gasteiger partial charge in [-0.25, -0.2) is 0 Å². The molecule has 0 bridgehead atoms. The first-order chi connectivity index (χ1) is 5.07. The number of nitrogens with two attached hydrogens (primary N) is 1. The second kappa shape index (κ2) is 5.52. The minimum Gasteiger partial charge on any atom is -0.368 e. The molecule has 11 heavy (non-hydrogen) atoms. The van der Waals surface area contributed by atoms with E-state index in [9.17, 15) is 0 Å². The molecule has 0 spiro atoms. The van der Waals surface area contributed by atoms with Crippen molar-refractivity contribution in [1.29, 1.82) is 0 Å². The highest BCUT2D eigenvalue weighted by atomic mass is 16.6. The minimum atomic E-state index is -0.697. The molecule has 0 aliphatic heterocycles. The number of aliphatic hydroxyl groups is 1. The highest BCUT2D eigenvalue weighted by Crippen LogP contribution is 2.06. The molecule has 0 saturated heterocycles. The molecule has 0 aliphatic carbocycles. The van der Waals surface area contributed by atoms with Gasteiger partial charge in [-0.05, 0) is 12.8 Å². The smallest absolute Gasteiger partial charge is 0.155 e. The van der Waals surface area contributed by atoms with Gasteiger partial charge in [0.15, 0.2) is 6.29 Å². The highest BCUT2D eigenvalue weighted by Gasteiger charge is 2.12. The molecule has 0 aliphatic rings. The van der Waals surface area contributed by atoms with Crippen LogP contribution in [0.4, 0.5) is 0 Å². The lowest BCUT2D eigenvalue weighted by molar-refractivity contribution is -0.103. The topological polar surface area (TPSA) is 55.5 Å². The van der Waals surface area contributed by atoms with E-state index in [0.717, 1.165) is 0 Å². The predicted octanol–water partition coefficient (Wildman–Crippen LogP) is 0.715. The van der Waals surface area contributed by atoms with E-state index in [1.54, 1.807) is 0 Å². The van der Waals surface area contributed by atoms with Gasteiger partial charge < -0.3 is 15.6 Å². The van der Waals surface area contributed by atoms with Crippen LogP contribution >= 0.6 is 0 Å². The summed E-state index contributed by atoms with van der Waals surface area (Å²) >= 11 is 0. The van der Waals surface area contributed by atoms with Crippen molar-refractivity contribution in [1.82, 2.24) is 0 Å². The average molecular weight is 161 g/mol. The molecule has 3 nitrogen and oxygen atoms in total. The van der Waals surface area contributed by atoms with Crippen LogP contribution in [0.2, 0.25) is 0 Å². The van der Waals surface area contributed by atoms with Crippen molar-refractivity contribution in [2.24, 2.45) is 11.7 Å². The predicted molar refractivity (Wildman–Crippen MR) is 45.1 cm³/mol. The number of rotatable bonds is 5. The van der Waals surface area contributed by atoms with E-state index in [1.165, 1.54) is 0 Å². The Kier molecular flexibility index (Phi) is 5.46. The van der Waals surface area contributed by atoms with Gasteiger partial charge in [0.2, 0.25) is 0 Å². The van der Waals surface area contributed by atoms with Crippen LogP contribution < -0.4 is 5.73 Å². The average Bonchev–Trinajstić information content (AvgIpc) is 1.87. The zero-order valence-electron chi connectivity index (χ0n) is 7.58. The molecule has 0 saturated carbocycles. The quantitative estimate of drug-likeness (QED) is 0.584. The molecular formula is C8H19NO2. The largest absolute Gasteiger partial charge is 0.368 e. The highest BCUT2D eigenvalue weighted by molar-refractivity contribution is 4.65. The maximum absolute atomic E-state index is 9.17. The van der Waals surface area contributed by atoms with Crippen LogP contribution in [-0.2, 0) is 4.74 Å². The Bertz CT molecular complexity index is 96.1. The Morgan fingerprint density at radius 2 is 2.00 bits per heavy atom. The third-order valence-corrected chi connectivity index (χ3v) is 1.69. The fourth-order valence-corrected chi connectivity index (χ4v) is 0.765. The fourth-order valence-electron chi connectivity index (χ4n) is 0.765. The molecule has 2 atom stereocenters. The lowest BCUT2D eigenvalue weighted by Gasteiger charge is -2.18. The summed E-state index contributed by atoms with van der Waals surface area (Å²) in [6.45, 7) is 6.45. The van der Waals surface area contributed by atoms with Crippen molar-refractivity contribution in [2.75, 3.05) is 6.61 Å². The molecule has 0 amide bonds. The maximum Gasteiger partial charge on any atom is 0.155 e. The first kappa shape index (κ1) is 10.9. The van der Waals surface area contributed by atoms with Gasteiger partial charge in [-0.2, -0.15) is 0 Å². The molecule has 0 fully saturated rings. The van der Waals surface area contributed by atoms with E-state index in [4.69, 9.17) is 15.6 Å². The second-order valence-electron chi connectivity index (χ2n) is 3.05. The number of aliphatic hydroxyl groups excluding tert-OH is 1. The summed E-state index contributed by atoms with van der Waals surface area (Å²) in [6.07, 6.45) is -0.178. The molecule has 0 unspecified atom stereocenters. The molecule has 0 aromatic rings. The van der Waals surface area contributed by atoms with Crippen LogP contribution in [0, 0.1) is 5.92 Å². The Morgan fingerprint density at radius 1 is 1.45 bits per heavy atom. The lowest BCUT2D eigenvalue weighted by Crippen LogP contribution is -2.32. The van der Waals surface area contributed by atoms with Gasteiger partial charge in [-0.15, -0.1) is 0 Å². The van der Waals surface area contributed by atoms with Crippen LogP contribution in [0.3, 0.4) is 0 Å². The van der Waals surface area contributed by atoms with Gasteiger partial charge in [0.1, 0.15) is 0 Å². The zero-order chi connectivity index (χ0) is 8.85. The van der Waals surface area contributed by atoms with Crippen molar-refractivity contribution >= 4 is 0 Å². The Hall–Kier alpha value is -0.120. The van der Waals surface area contributed by atoms with Gasteiger partial charge in [-0.3, -0.25) is 0 Å². The zero-order valence-corrected chi connectivity index (χ0v) is 7.58. The molecule has 0 rings (SSSR count). The summed E-state index contributed by atoms with van der Waals surface area (Å²) in [4.78, 5) is 0. The molecule has 0 aromatic carbocycles. The maximum atomic E-state index is 9.17. The third-order valence-electron chi connectivity index (χ3n) is 1.69. The summed E-state index contributed by atoms with van der Waals surface area (Å²) in [6, 6.07) is 0.0246. The van der Waals surface area contributed by atoms with Crippen molar-refractivity contribution in [3.05, 3.63) is 0 Å². The summed E-state index contributed by atoms with van der Waals surface area (Å²) in [7, 11) is 0. The van der Waals surface area contributed by atoms with Crippen molar-refractivity contribution in [3.8, 4) is 0 Å². The molecule has 3 heteroatoms. The van der Waals surface area contributed by atoms with Crippen molar-refractivity contribution in [3.63, 3.8) is 0 Å². The van der Waals surface area contributed by atoms with Crippen LogP contribution in [0.1, 0.15) is 27.2 Å². The van der Waals surface area contributed by atoms with Gasteiger partial charge in [0, 0.05) is 19.1 Å². The molecule has 0 heterocycles. The summed E-state index contributed by atoms with van der Waals surface area (Å²) in [5.41, 5.74) is 5.71. The van der Waals surface area contributed by atoms with E-state index < -0.39 is 6.29 Å². The third kappa shape index (κ3) is 5.18. The van der Waals surface area contributed by atoms with E-state index in [1.807, 2.05) is 20.8 Å². The Labute approximate surface area is 68.5 Å². The van der Waals surface area contributed by atoms with Gasteiger partial charge in [0.25, 0.3) is 0 Å². The number of ether oxygens (including phenoxy) is 1.